The van der Waals surface area contributed by atoms with Crippen LogP contribution in [0.15, 0.2) is 54.7 Å². The molecule has 0 bridgehead atoms. The summed E-state index contributed by atoms with van der Waals surface area (Å²) in [4.78, 5) is 6.84. The predicted octanol–water partition coefficient (Wildman–Crippen LogP) is 4.81. The fraction of sp³-hybridized carbons (Fsp3) is 0.423. The van der Waals surface area contributed by atoms with Crippen LogP contribution in [0, 0.1) is 6.92 Å². The first-order chi connectivity index (χ1) is 17.1. The van der Waals surface area contributed by atoms with E-state index >= 15 is 0 Å². The van der Waals surface area contributed by atoms with Gasteiger partial charge in [-0.1, -0.05) is 42.5 Å². The van der Waals surface area contributed by atoms with Crippen LogP contribution in [0.2, 0.25) is 0 Å². The van der Waals surface area contributed by atoms with Crippen LogP contribution in [0.5, 0.6) is 0 Å². The molecule has 192 valence electrons. The first-order valence-corrected chi connectivity index (χ1v) is 13.6. The number of rotatable bonds is 6. The highest BCUT2D eigenvalue weighted by atomic mass is 32.2. The van der Waals surface area contributed by atoms with Gasteiger partial charge in [0, 0.05) is 44.0 Å². The Hall–Kier alpha value is -2.85. The van der Waals surface area contributed by atoms with Gasteiger partial charge in [-0.15, -0.1) is 0 Å². The molecular formula is C26H29F3N4O2S. The van der Waals surface area contributed by atoms with Crippen molar-refractivity contribution in [3.8, 4) is 0 Å². The van der Waals surface area contributed by atoms with Gasteiger partial charge in [0.1, 0.15) is 5.82 Å². The lowest BCUT2D eigenvalue weighted by atomic mass is 10.0. The predicted molar refractivity (Wildman–Crippen MR) is 132 cm³/mol. The molecule has 2 aliphatic rings. The Morgan fingerprint density at radius 2 is 1.86 bits per heavy atom. The molecule has 1 atom stereocenters. The minimum absolute atomic E-state index is 0.254. The van der Waals surface area contributed by atoms with Crippen LogP contribution in [0.1, 0.15) is 41.1 Å². The number of aromatic nitrogens is 2. The van der Waals surface area contributed by atoms with Crippen LogP contribution in [0.3, 0.4) is 0 Å². The third-order valence-corrected chi connectivity index (χ3v) is 8.71. The van der Waals surface area contributed by atoms with Gasteiger partial charge in [-0.2, -0.15) is 17.5 Å². The molecule has 2 aromatic carbocycles. The maximum Gasteiger partial charge on any atom is 0.511 e. The van der Waals surface area contributed by atoms with Crippen LogP contribution >= 0.6 is 0 Å². The number of hydrogen-bond acceptors (Lipinski definition) is 4. The summed E-state index contributed by atoms with van der Waals surface area (Å²) in [5, 5.41) is 0. The van der Waals surface area contributed by atoms with Crippen LogP contribution in [0.25, 0.3) is 0 Å². The Balaban J connectivity index is 1.56. The van der Waals surface area contributed by atoms with Crippen molar-refractivity contribution in [2.24, 2.45) is 0 Å². The summed E-state index contributed by atoms with van der Waals surface area (Å²) in [7, 11) is -5.50. The van der Waals surface area contributed by atoms with Gasteiger partial charge in [-0.25, -0.2) is 13.4 Å². The molecule has 3 heterocycles. The van der Waals surface area contributed by atoms with E-state index in [0.717, 1.165) is 47.7 Å². The van der Waals surface area contributed by atoms with E-state index in [0.29, 0.717) is 29.3 Å². The minimum atomic E-state index is -5.50. The number of nitrogens with zero attached hydrogens (tertiary/aromatic N) is 4. The first-order valence-electron chi connectivity index (χ1n) is 12.1. The third kappa shape index (κ3) is 4.76. The molecule has 0 aliphatic carbocycles. The molecule has 6 nitrogen and oxygen atoms in total. The number of benzene rings is 2. The van der Waals surface area contributed by atoms with Crippen molar-refractivity contribution >= 4 is 15.7 Å². The van der Waals surface area contributed by atoms with Gasteiger partial charge in [0.2, 0.25) is 0 Å². The molecule has 0 amide bonds. The maximum atomic E-state index is 13.7. The number of sulfonamides is 1. The van der Waals surface area contributed by atoms with Gasteiger partial charge in [0.05, 0.1) is 12.2 Å². The molecule has 1 unspecified atom stereocenters. The van der Waals surface area contributed by atoms with E-state index in [1.165, 1.54) is 0 Å². The highest BCUT2D eigenvalue weighted by Crippen LogP contribution is 2.37. The van der Waals surface area contributed by atoms with E-state index in [1.54, 1.807) is 0 Å². The van der Waals surface area contributed by atoms with Gasteiger partial charge < -0.3 is 9.47 Å². The van der Waals surface area contributed by atoms with Crippen molar-refractivity contribution < 1.29 is 21.6 Å². The first kappa shape index (κ1) is 24.8. The van der Waals surface area contributed by atoms with Crippen molar-refractivity contribution in [1.29, 1.82) is 0 Å². The topological polar surface area (TPSA) is 58.4 Å². The summed E-state index contributed by atoms with van der Waals surface area (Å²) in [5.74, 6) is 1.02. The number of hydrogen-bond donors (Lipinski definition) is 0. The zero-order valence-electron chi connectivity index (χ0n) is 20.1. The van der Waals surface area contributed by atoms with Crippen molar-refractivity contribution in [2.75, 3.05) is 11.4 Å². The smallest absolute Gasteiger partial charge is 0.361 e. The molecule has 0 saturated heterocycles. The Bertz CT molecular complexity index is 1320. The van der Waals surface area contributed by atoms with E-state index in [9.17, 15) is 21.6 Å². The van der Waals surface area contributed by atoms with Crippen LogP contribution < -0.4 is 4.90 Å². The largest absolute Gasteiger partial charge is 0.511 e. The van der Waals surface area contributed by atoms with Crippen molar-refractivity contribution in [2.45, 2.75) is 63.8 Å². The van der Waals surface area contributed by atoms with E-state index in [-0.39, 0.29) is 13.1 Å². The van der Waals surface area contributed by atoms with Crippen molar-refractivity contribution in [3.63, 3.8) is 0 Å². The fourth-order valence-electron chi connectivity index (χ4n) is 5.27. The van der Waals surface area contributed by atoms with Crippen molar-refractivity contribution in [1.82, 2.24) is 13.9 Å². The molecule has 2 aliphatic heterocycles. The van der Waals surface area contributed by atoms with Crippen LogP contribution in [0.4, 0.5) is 18.9 Å². The van der Waals surface area contributed by atoms with E-state index in [4.69, 9.17) is 4.98 Å². The lowest BCUT2D eigenvalue weighted by molar-refractivity contribution is -0.0492. The molecule has 36 heavy (non-hydrogen) atoms. The summed E-state index contributed by atoms with van der Waals surface area (Å²) in [6, 6.07) is 14.8. The summed E-state index contributed by atoms with van der Waals surface area (Å²) in [6.45, 7) is 2.55. The molecule has 0 N–H and O–H groups in total. The van der Waals surface area contributed by atoms with Crippen LogP contribution in [-0.2, 0) is 42.5 Å². The molecule has 5 rings (SSSR count). The number of fused-ring (bicyclic) bond motifs is 2. The third-order valence-electron chi connectivity index (χ3n) is 7.17. The minimum Gasteiger partial charge on any atom is -0.361 e. The number of aryl methyl sites for hydroxylation is 4. The molecule has 1 aromatic heterocycles. The number of imidazole rings is 1. The Labute approximate surface area is 209 Å². The zero-order valence-corrected chi connectivity index (χ0v) is 20.9. The van der Waals surface area contributed by atoms with E-state index in [2.05, 4.69) is 9.47 Å². The molecule has 0 saturated carbocycles. The standard InChI is InChI=1S/C26H29F3N4O2S/c1-19-7-5-10-24-23(19)18-32(36(34,35)26(27,28)29)17-22(13-12-20-8-3-2-4-9-20)33(24)16-21-15-31-14-6-11-25(31)30-21/h2-5,7-10,15,22H,6,11-14,16-18H2,1H3. The molecule has 3 aromatic rings. The van der Waals surface area contributed by atoms with Gasteiger partial charge in [0.25, 0.3) is 0 Å². The lowest BCUT2D eigenvalue weighted by Gasteiger charge is -2.34. The SMILES string of the molecule is Cc1cccc2c1CN(S(=O)(=O)C(F)(F)F)CC(CCc1ccccc1)N2Cc1cn2c(n1)CCC2. The lowest BCUT2D eigenvalue weighted by Crippen LogP contribution is -2.47. The molecule has 10 heteroatoms. The molecule has 0 fully saturated rings. The zero-order chi connectivity index (χ0) is 25.5. The average molecular weight is 519 g/mol. The normalized spacial score (nSPS) is 18.7. The van der Waals surface area contributed by atoms with E-state index < -0.39 is 21.6 Å². The number of halogens is 3. The summed E-state index contributed by atoms with van der Waals surface area (Å²) >= 11 is 0. The highest BCUT2D eigenvalue weighted by molar-refractivity contribution is 7.89. The monoisotopic (exact) mass is 518 g/mol. The second-order valence-electron chi connectivity index (χ2n) is 9.57. The molecule has 0 radical (unpaired) electrons. The van der Waals surface area contributed by atoms with Crippen LogP contribution in [-0.4, -0.2) is 40.4 Å². The molecule has 0 spiro atoms. The Morgan fingerprint density at radius 1 is 1.08 bits per heavy atom. The Morgan fingerprint density at radius 3 is 2.58 bits per heavy atom. The van der Waals surface area contributed by atoms with Gasteiger partial charge >= 0.3 is 15.5 Å². The summed E-state index contributed by atoms with van der Waals surface area (Å²) in [6.07, 6.45) is 5.09. The summed E-state index contributed by atoms with van der Waals surface area (Å²) < 4.78 is 69.1. The second kappa shape index (κ2) is 9.55. The highest BCUT2D eigenvalue weighted by Gasteiger charge is 2.51. The van der Waals surface area contributed by atoms with Gasteiger partial charge in [-0.3, -0.25) is 0 Å². The number of anilines is 1. The van der Waals surface area contributed by atoms with Gasteiger partial charge in [0.15, 0.2) is 0 Å². The second-order valence-corrected chi connectivity index (χ2v) is 11.5. The fourth-order valence-corrected chi connectivity index (χ4v) is 6.23. The number of alkyl halides is 3. The quantitative estimate of drug-likeness (QED) is 0.470. The Kier molecular flexibility index (Phi) is 6.59. The van der Waals surface area contributed by atoms with E-state index in [1.807, 2.05) is 61.7 Å². The summed E-state index contributed by atoms with van der Waals surface area (Å²) in [5.41, 5.74) is -1.35. The van der Waals surface area contributed by atoms with Gasteiger partial charge in [-0.05, 0) is 48.9 Å². The van der Waals surface area contributed by atoms with Crippen molar-refractivity contribution in [3.05, 3.63) is 82.9 Å². The average Bonchev–Trinajstić information content (AvgIpc) is 3.38. The molecular weight excluding hydrogens is 489 g/mol. The maximum absolute atomic E-state index is 13.7.